The topological polar surface area (TPSA) is 67.8 Å². The molecule has 2 rings (SSSR count). The minimum atomic E-state index is -0.505. The molecule has 1 aromatic rings. The van der Waals surface area contributed by atoms with E-state index < -0.39 is 11.7 Å². The lowest BCUT2D eigenvalue weighted by atomic mass is 10.0. The molecule has 20 heavy (non-hydrogen) atoms. The van der Waals surface area contributed by atoms with Crippen molar-refractivity contribution in [2.45, 2.75) is 44.8 Å². The van der Waals surface area contributed by atoms with Crippen LogP contribution in [-0.4, -0.2) is 24.4 Å². The van der Waals surface area contributed by atoms with Crippen molar-refractivity contribution in [3.8, 4) is 5.75 Å². The maximum absolute atomic E-state index is 11.9. The third kappa shape index (κ3) is 3.66. The highest BCUT2D eigenvalue weighted by Crippen LogP contribution is 2.45. The highest BCUT2D eigenvalue weighted by molar-refractivity contribution is 6.17. The summed E-state index contributed by atoms with van der Waals surface area (Å²) in [6.07, 6.45) is 1.37. The monoisotopic (exact) mass is 276 g/mol. The van der Waals surface area contributed by atoms with Gasteiger partial charge in [0.25, 0.3) is 0 Å². The molecule has 1 amide bonds. The number of hydrogen-bond acceptors (Lipinski definition) is 4. The van der Waals surface area contributed by atoms with Crippen LogP contribution in [0.3, 0.4) is 0 Å². The molecule has 0 heterocycles. The molecule has 0 bridgehead atoms. The first-order valence-corrected chi connectivity index (χ1v) is 6.59. The molecule has 1 aliphatic rings. The number of rotatable bonds is 4. The van der Waals surface area contributed by atoms with E-state index in [0.717, 1.165) is 18.4 Å². The summed E-state index contributed by atoms with van der Waals surface area (Å²) in [5.41, 5.74) is 0.173. The molecule has 0 aromatic heterocycles. The Morgan fingerprint density at radius 2 is 1.90 bits per heavy atom. The predicted molar refractivity (Wildman–Crippen MR) is 75.3 cm³/mol. The Kier molecular flexibility index (Phi) is 3.95. The molecule has 1 fully saturated rings. The molecule has 1 radical (unpaired) electrons. The van der Waals surface area contributed by atoms with Gasteiger partial charge in [0, 0.05) is 0 Å². The smallest absolute Gasteiger partial charge is 0.537 e. The van der Waals surface area contributed by atoms with Gasteiger partial charge in [-0.05, 0) is 51.3 Å². The fourth-order valence-electron chi connectivity index (χ4n) is 2.02. The molecule has 0 atom stereocenters. The Morgan fingerprint density at radius 1 is 1.30 bits per heavy atom. The first kappa shape index (κ1) is 14.7. The largest absolute Gasteiger partial charge is 0.569 e. The lowest BCUT2D eigenvalue weighted by Gasteiger charge is -2.23. The second-order valence-electron chi connectivity index (χ2n) is 5.96. The first-order chi connectivity index (χ1) is 9.35. The van der Waals surface area contributed by atoms with Crippen LogP contribution < -0.4 is 9.97 Å². The Morgan fingerprint density at radius 3 is 2.35 bits per heavy atom. The van der Waals surface area contributed by atoms with Gasteiger partial charge in [0.05, 0.1) is 11.3 Å². The standard InChI is InChI=1S/C14H19BNO4/c1-13(2,3)19-12(17)16-14(8-9-14)10-4-6-11(7-5-10)20-15-18/h4-7,18H,8-9H2,1-3H3,(H,16,17). The molecule has 2 N–H and O–H groups in total. The van der Waals surface area contributed by atoms with E-state index in [-0.39, 0.29) is 5.54 Å². The Hall–Kier alpha value is -1.69. The zero-order chi connectivity index (χ0) is 14.8. The van der Waals surface area contributed by atoms with E-state index >= 15 is 0 Å². The van der Waals surface area contributed by atoms with Gasteiger partial charge in [-0.15, -0.1) is 0 Å². The van der Waals surface area contributed by atoms with Crippen LogP contribution in [0.2, 0.25) is 0 Å². The summed E-state index contributed by atoms with van der Waals surface area (Å²) in [6, 6.07) is 7.25. The number of hydrogen-bond donors (Lipinski definition) is 2. The van der Waals surface area contributed by atoms with Crippen molar-refractivity contribution in [1.82, 2.24) is 5.32 Å². The average Bonchev–Trinajstić information content (AvgIpc) is 3.08. The number of carbonyl (C=O) groups is 1. The second kappa shape index (κ2) is 5.36. The lowest BCUT2D eigenvalue weighted by Crippen LogP contribution is -2.39. The van der Waals surface area contributed by atoms with E-state index in [0.29, 0.717) is 13.4 Å². The fourth-order valence-corrected chi connectivity index (χ4v) is 2.02. The molecule has 0 aliphatic heterocycles. The summed E-state index contributed by atoms with van der Waals surface area (Å²) in [5, 5.41) is 11.5. The first-order valence-electron chi connectivity index (χ1n) is 6.59. The summed E-state index contributed by atoms with van der Waals surface area (Å²) in [6.45, 7) is 5.51. The van der Waals surface area contributed by atoms with Crippen LogP contribution in [-0.2, 0) is 10.3 Å². The van der Waals surface area contributed by atoms with Crippen LogP contribution in [0.5, 0.6) is 5.75 Å². The van der Waals surface area contributed by atoms with E-state index in [1.807, 2.05) is 32.9 Å². The minimum absolute atomic E-state index is 0.330. The van der Waals surface area contributed by atoms with Crippen LogP contribution in [0.4, 0.5) is 4.79 Å². The fraction of sp³-hybridized carbons (Fsp3) is 0.500. The van der Waals surface area contributed by atoms with Gasteiger partial charge in [-0.2, -0.15) is 0 Å². The summed E-state index contributed by atoms with van der Waals surface area (Å²) >= 11 is 0. The zero-order valence-corrected chi connectivity index (χ0v) is 12.0. The number of nitrogens with one attached hydrogen (secondary N) is 1. The average molecular weight is 276 g/mol. The lowest BCUT2D eigenvalue weighted by molar-refractivity contribution is 0.0495. The molecule has 5 nitrogen and oxygen atoms in total. The Labute approximate surface area is 119 Å². The third-order valence-electron chi connectivity index (χ3n) is 3.09. The van der Waals surface area contributed by atoms with Crippen LogP contribution >= 0.6 is 0 Å². The van der Waals surface area contributed by atoms with E-state index in [4.69, 9.17) is 14.4 Å². The molecule has 1 saturated carbocycles. The van der Waals surface area contributed by atoms with Gasteiger partial charge in [0.2, 0.25) is 0 Å². The van der Waals surface area contributed by atoms with Crippen molar-refractivity contribution in [3.63, 3.8) is 0 Å². The number of alkyl carbamates (subject to hydrolysis) is 1. The Balaban J connectivity index is 2.02. The third-order valence-corrected chi connectivity index (χ3v) is 3.09. The van der Waals surface area contributed by atoms with E-state index in [9.17, 15) is 4.79 Å². The molecular weight excluding hydrogens is 257 g/mol. The maximum atomic E-state index is 11.9. The van der Waals surface area contributed by atoms with E-state index in [1.54, 1.807) is 12.1 Å². The predicted octanol–water partition coefficient (Wildman–Crippen LogP) is 2.11. The van der Waals surface area contributed by atoms with Crippen molar-refractivity contribution in [2.75, 3.05) is 0 Å². The quantitative estimate of drug-likeness (QED) is 0.826. The number of benzene rings is 1. The zero-order valence-electron chi connectivity index (χ0n) is 12.0. The van der Waals surface area contributed by atoms with Crippen molar-refractivity contribution < 1.29 is 19.2 Å². The molecule has 107 valence electrons. The van der Waals surface area contributed by atoms with E-state index in [1.165, 1.54) is 0 Å². The molecule has 6 heteroatoms. The minimum Gasteiger partial charge on any atom is -0.537 e. The van der Waals surface area contributed by atoms with Crippen molar-refractivity contribution >= 4 is 13.8 Å². The highest BCUT2D eigenvalue weighted by atomic mass is 16.6. The van der Waals surface area contributed by atoms with Gasteiger partial charge < -0.3 is 19.7 Å². The molecule has 1 aliphatic carbocycles. The normalized spacial score (nSPS) is 16.2. The van der Waals surface area contributed by atoms with Crippen LogP contribution in [0.1, 0.15) is 39.2 Å². The van der Waals surface area contributed by atoms with E-state index in [2.05, 4.69) is 5.32 Å². The van der Waals surface area contributed by atoms with Gasteiger partial charge >= 0.3 is 13.8 Å². The summed E-state index contributed by atoms with van der Waals surface area (Å²) in [7, 11) is 0.640. The number of amides is 1. The van der Waals surface area contributed by atoms with Crippen LogP contribution in [0.15, 0.2) is 24.3 Å². The van der Waals surface area contributed by atoms with Gasteiger partial charge in [0.15, 0.2) is 0 Å². The Bertz CT molecular complexity index is 477. The molecule has 0 unspecified atom stereocenters. The molecule has 0 spiro atoms. The summed E-state index contributed by atoms with van der Waals surface area (Å²) in [4.78, 5) is 11.9. The van der Waals surface area contributed by atoms with Crippen molar-refractivity contribution in [3.05, 3.63) is 29.8 Å². The highest BCUT2D eigenvalue weighted by Gasteiger charge is 2.46. The maximum Gasteiger partial charge on any atom is 0.569 e. The van der Waals surface area contributed by atoms with Crippen LogP contribution in [0.25, 0.3) is 0 Å². The SMILES string of the molecule is CC(C)(C)OC(=O)NC1(c2ccc(O[B]O)cc2)CC1. The summed E-state index contributed by atoms with van der Waals surface area (Å²) < 4.78 is 10.1. The number of ether oxygens (including phenoxy) is 1. The van der Waals surface area contributed by atoms with Gasteiger partial charge in [0.1, 0.15) is 5.60 Å². The van der Waals surface area contributed by atoms with Gasteiger partial charge in [-0.25, -0.2) is 4.79 Å². The molecule has 0 saturated heterocycles. The van der Waals surface area contributed by atoms with Crippen LogP contribution in [0, 0.1) is 0 Å². The number of carbonyl (C=O) groups excluding carboxylic acids is 1. The van der Waals surface area contributed by atoms with Gasteiger partial charge in [-0.1, -0.05) is 12.1 Å². The van der Waals surface area contributed by atoms with Gasteiger partial charge in [-0.3, -0.25) is 0 Å². The summed E-state index contributed by atoms with van der Waals surface area (Å²) in [5.74, 6) is 0.546. The van der Waals surface area contributed by atoms with Crippen molar-refractivity contribution in [2.24, 2.45) is 0 Å². The molecular formula is C14H19BNO4. The molecule has 1 aromatic carbocycles. The second-order valence-corrected chi connectivity index (χ2v) is 5.96. The van der Waals surface area contributed by atoms with Crippen molar-refractivity contribution in [1.29, 1.82) is 0 Å².